The lowest BCUT2D eigenvalue weighted by Gasteiger charge is -2.16. The summed E-state index contributed by atoms with van der Waals surface area (Å²) in [6, 6.07) is 82.7. The highest BCUT2D eigenvalue weighted by Gasteiger charge is 2.20. The van der Waals surface area contributed by atoms with Gasteiger partial charge in [0.05, 0.1) is 11.6 Å². The molecule has 306 valence electrons. The van der Waals surface area contributed by atoms with Crippen molar-refractivity contribution in [3.05, 3.63) is 236 Å². The maximum atomic E-state index is 10.7. The fraction of sp³-hybridized carbons (Fsp3) is 0. The number of benzene rings is 11. The van der Waals surface area contributed by atoms with Gasteiger partial charge in [0.25, 0.3) is 0 Å². The summed E-state index contributed by atoms with van der Waals surface area (Å²) in [4.78, 5) is 15.7. The lowest BCUT2D eigenvalue weighted by Crippen LogP contribution is -2.02. The molecule has 11 aromatic carbocycles. The van der Waals surface area contributed by atoms with Crippen molar-refractivity contribution in [3.63, 3.8) is 0 Å². The van der Waals surface area contributed by atoms with E-state index in [1.807, 2.05) is 54.6 Å². The summed E-state index contributed by atoms with van der Waals surface area (Å²) in [5, 5.41) is 20.3. The SMILES string of the molecule is N#Cc1cc(-c2ccccc2-c2nc(-c3ccccc3)nc(-c3ccccc3-c3cc4ccccc4c4ccccc34)n2)ccc1-c1ccc(-c2cc3ccccc3c3ccccc23)cc1. The van der Waals surface area contributed by atoms with Gasteiger partial charge >= 0.3 is 0 Å². The molecule has 0 amide bonds. The predicted octanol–water partition coefficient (Wildman–Crippen LogP) is 16.0. The Morgan fingerprint density at radius 1 is 0.258 bits per heavy atom. The van der Waals surface area contributed by atoms with Crippen LogP contribution in [0.15, 0.2) is 231 Å². The summed E-state index contributed by atoms with van der Waals surface area (Å²) in [7, 11) is 0. The van der Waals surface area contributed by atoms with E-state index < -0.39 is 0 Å². The van der Waals surface area contributed by atoms with Crippen LogP contribution in [0.25, 0.3) is 122 Å². The van der Waals surface area contributed by atoms with Gasteiger partial charge in [0.1, 0.15) is 0 Å². The summed E-state index contributed by atoms with van der Waals surface area (Å²) in [5.41, 5.74) is 11.4. The molecule has 4 nitrogen and oxygen atoms in total. The number of hydrogen-bond donors (Lipinski definition) is 0. The van der Waals surface area contributed by atoms with Crippen LogP contribution in [0, 0.1) is 11.3 Å². The van der Waals surface area contributed by atoms with E-state index in [1.165, 1.54) is 43.3 Å². The minimum absolute atomic E-state index is 0.548. The van der Waals surface area contributed by atoms with Gasteiger partial charge in [0.2, 0.25) is 0 Å². The van der Waals surface area contributed by atoms with Crippen molar-refractivity contribution < 1.29 is 0 Å². The van der Waals surface area contributed by atoms with Crippen molar-refractivity contribution in [3.8, 4) is 84.7 Å². The molecular weight excluding hydrogens is 801 g/mol. The molecule has 0 saturated carbocycles. The maximum Gasteiger partial charge on any atom is 0.164 e. The quantitative estimate of drug-likeness (QED) is 0.150. The number of nitrogens with zero attached hydrogens (tertiary/aromatic N) is 4. The number of rotatable bonds is 7. The van der Waals surface area contributed by atoms with Crippen molar-refractivity contribution >= 4 is 43.1 Å². The Kier molecular flexibility index (Phi) is 9.51. The van der Waals surface area contributed by atoms with E-state index in [1.54, 1.807) is 0 Å². The Morgan fingerprint density at radius 3 is 1.29 bits per heavy atom. The molecular formula is C62H38N4. The Morgan fingerprint density at radius 2 is 0.682 bits per heavy atom. The Labute approximate surface area is 382 Å². The van der Waals surface area contributed by atoms with Crippen LogP contribution in [0.4, 0.5) is 0 Å². The van der Waals surface area contributed by atoms with Crippen molar-refractivity contribution in [2.24, 2.45) is 0 Å². The largest absolute Gasteiger partial charge is 0.208 e. The van der Waals surface area contributed by atoms with Crippen LogP contribution >= 0.6 is 0 Å². The lowest BCUT2D eigenvalue weighted by molar-refractivity contribution is 1.07. The molecule has 4 heteroatoms. The van der Waals surface area contributed by atoms with E-state index in [-0.39, 0.29) is 0 Å². The van der Waals surface area contributed by atoms with Gasteiger partial charge < -0.3 is 0 Å². The van der Waals surface area contributed by atoms with Crippen LogP contribution < -0.4 is 0 Å². The van der Waals surface area contributed by atoms with Gasteiger partial charge in [0, 0.05) is 16.7 Å². The Bertz CT molecular complexity index is 3890. The van der Waals surface area contributed by atoms with Gasteiger partial charge in [-0.2, -0.15) is 5.26 Å². The smallest absolute Gasteiger partial charge is 0.164 e. The molecule has 0 aliphatic carbocycles. The average molecular weight is 839 g/mol. The Balaban J connectivity index is 0.958. The molecule has 0 spiro atoms. The second-order valence-corrected chi connectivity index (χ2v) is 16.6. The summed E-state index contributed by atoms with van der Waals surface area (Å²) in [6.07, 6.45) is 0. The summed E-state index contributed by atoms with van der Waals surface area (Å²) >= 11 is 0. The standard InChI is InChI=1S/C62H38N4/c63-39-46-36-45(34-35-47(46)40-30-32-41(33-31-40)58-37-43-18-4-6-20-48(43)51-23-9-11-25-53(51)58)50-22-8-14-28-56(50)61-64-60(42-16-2-1-3-17-42)65-62(66-61)57-29-15-13-27-55(57)59-38-44-19-5-7-21-49(44)52-24-10-12-26-54(52)59/h1-38H. The third-order valence-electron chi connectivity index (χ3n) is 12.8. The first kappa shape index (κ1) is 38.6. The molecule has 1 aromatic heterocycles. The molecule has 1 heterocycles. The van der Waals surface area contributed by atoms with E-state index in [0.29, 0.717) is 23.0 Å². The Hall–Kier alpha value is -9.04. The zero-order chi connectivity index (χ0) is 44.0. The third kappa shape index (κ3) is 6.75. The van der Waals surface area contributed by atoms with E-state index in [9.17, 15) is 5.26 Å². The zero-order valence-electron chi connectivity index (χ0n) is 35.7. The second-order valence-electron chi connectivity index (χ2n) is 16.6. The molecule has 0 N–H and O–H groups in total. The van der Waals surface area contributed by atoms with E-state index in [4.69, 9.17) is 15.0 Å². The van der Waals surface area contributed by atoms with Crippen LogP contribution in [0.1, 0.15) is 5.56 Å². The van der Waals surface area contributed by atoms with Crippen LogP contribution in [-0.4, -0.2) is 15.0 Å². The topological polar surface area (TPSA) is 62.5 Å². The highest BCUT2D eigenvalue weighted by Crippen LogP contribution is 2.41. The van der Waals surface area contributed by atoms with Gasteiger partial charge in [-0.25, -0.2) is 15.0 Å². The van der Waals surface area contributed by atoms with Gasteiger partial charge in [-0.3, -0.25) is 0 Å². The normalized spacial score (nSPS) is 11.3. The predicted molar refractivity (Wildman–Crippen MR) is 273 cm³/mol. The first-order valence-corrected chi connectivity index (χ1v) is 22.2. The highest BCUT2D eigenvalue weighted by molar-refractivity contribution is 6.15. The monoisotopic (exact) mass is 838 g/mol. The summed E-state index contributed by atoms with van der Waals surface area (Å²) in [5.74, 6) is 1.71. The number of nitriles is 1. The van der Waals surface area contributed by atoms with E-state index in [2.05, 4.69) is 182 Å². The highest BCUT2D eigenvalue weighted by atomic mass is 15.0. The molecule has 0 atom stereocenters. The minimum Gasteiger partial charge on any atom is -0.208 e. The van der Waals surface area contributed by atoms with Crippen molar-refractivity contribution in [2.45, 2.75) is 0 Å². The molecule has 66 heavy (non-hydrogen) atoms. The first-order valence-electron chi connectivity index (χ1n) is 22.2. The first-order chi connectivity index (χ1) is 32.7. The third-order valence-corrected chi connectivity index (χ3v) is 12.8. The molecule has 0 aliphatic rings. The van der Waals surface area contributed by atoms with Crippen LogP contribution in [0.3, 0.4) is 0 Å². The second kappa shape index (κ2) is 16.3. The molecule has 0 radical (unpaired) electrons. The number of aromatic nitrogens is 3. The van der Waals surface area contributed by atoms with Crippen molar-refractivity contribution in [2.75, 3.05) is 0 Å². The van der Waals surface area contributed by atoms with Gasteiger partial charge in [-0.15, -0.1) is 0 Å². The number of fused-ring (bicyclic) bond motifs is 6. The number of hydrogen-bond acceptors (Lipinski definition) is 4. The molecule has 0 fully saturated rings. The maximum absolute atomic E-state index is 10.7. The van der Waals surface area contributed by atoms with Gasteiger partial charge in [-0.1, -0.05) is 212 Å². The van der Waals surface area contributed by atoms with Gasteiger partial charge in [0.15, 0.2) is 17.5 Å². The zero-order valence-corrected chi connectivity index (χ0v) is 35.7. The fourth-order valence-electron chi connectivity index (χ4n) is 9.63. The molecule has 12 aromatic rings. The molecule has 12 rings (SSSR count). The molecule has 0 saturated heterocycles. The van der Waals surface area contributed by atoms with Crippen molar-refractivity contribution in [1.82, 2.24) is 15.0 Å². The average Bonchev–Trinajstić information content (AvgIpc) is 3.40. The molecule has 0 aliphatic heterocycles. The van der Waals surface area contributed by atoms with E-state index in [0.717, 1.165) is 61.0 Å². The van der Waals surface area contributed by atoms with Crippen LogP contribution in [0.2, 0.25) is 0 Å². The molecule has 0 bridgehead atoms. The van der Waals surface area contributed by atoms with E-state index >= 15 is 0 Å². The van der Waals surface area contributed by atoms with Crippen LogP contribution in [-0.2, 0) is 0 Å². The fourth-order valence-corrected chi connectivity index (χ4v) is 9.63. The van der Waals surface area contributed by atoms with Gasteiger partial charge in [-0.05, 0) is 106 Å². The summed E-state index contributed by atoms with van der Waals surface area (Å²) < 4.78 is 0. The van der Waals surface area contributed by atoms with Crippen LogP contribution in [0.5, 0.6) is 0 Å². The van der Waals surface area contributed by atoms with Crippen molar-refractivity contribution in [1.29, 1.82) is 5.26 Å². The minimum atomic E-state index is 0.548. The molecule has 0 unspecified atom stereocenters. The lowest BCUT2D eigenvalue weighted by atomic mass is 9.90. The summed E-state index contributed by atoms with van der Waals surface area (Å²) in [6.45, 7) is 0.